The van der Waals surface area contributed by atoms with Gasteiger partial charge in [0.05, 0.1) is 0 Å². The maximum Gasteiger partial charge on any atom is 0.0480 e. The van der Waals surface area contributed by atoms with Crippen LogP contribution in [0.3, 0.4) is 0 Å². The van der Waals surface area contributed by atoms with Crippen LogP contribution in [-0.4, -0.2) is 30.7 Å². The highest BCUT2D eigenvalue weighted by molar-refractivity contribution is 5.30. The molecule has 0 bridgehead atoms. The Morgan fingerprint density at radius 1 is 1.29 bits per heavy atom. The summed E-state index contributed by atoms with van der Waals surface area (Å²) in [5, 5.41) is 0. The molecule has 1 atom stereocenters. The van der Waals surface area contributed by atoms with E-state index in [9.17, 15) is 0 Å². The van der Waals surface area contributed by atoms with Crippen molar-refractivity contribution in [3.8, 4) is 0 Å². The van der Waals surface area contributed by atoms with E-state index in [0.29, 0.717) is 6.54 Å². The summed E-state index contributed by atoms with van der Waals surface area (Å²) in [5.41, 5.74) is 8.87. The van der Waals surface area contributed by atoms with Crippen molar-refractivity contribution < 1.29 is 4.74 Å². The quantitative estimate of drug-likeness (QED) is 0.843. The lowest BCUT2D eigenvalue weighted by Gasteiger charge is -2.37. The highest BCUT2D eigenvalue weighted by Crippen LogP contribution is 2.30. The van der Waals surface area contributed by atoms with E-state index in [0.717, 1.165) is 26.1 Å². The summed E-state index contributed by atoms with van der Waals surface area (Å²) in [7, 11) is 1.75. The molecule has 0 aromatic heterocycles. The summed E-state index contributed by atoms with van der Waals surface area (Å²) in [6, 6.07) is 8.64. The molecule has 1 aromatic rings. The number of nitrogens with two attached hydrogens (primary N) is 1. The third-order valence-electron chi connectivity index (χ3n) is 3.89. The number of methoxy groups -OCH3 is 1. The first-order valence-corrected chi connectivity index (χ1v) is 6.20. The van der Waals surface area contributed by atoms with Crippen molar-refractivity contribution in [3.63, 3.8) is 0 Å². The smallest absolute Gasteiger partial charge is 0.0480 e. The van der Waals surface area contributed by atoms with Crippen LogP contribution in [0.4, 0.5) is 0 Å². The first kappa shape index (κ1) is 12.6. The summed E-state index contributed by atoms with van der Waals surface area (Å²) in [5.74, 6) is 0. The average molecular weight is 234 g/mol. The molecule has 1 unspecified atom stereocenters. The van der Waals surface area contributed by atoms with Crippen LogP contribution in [0.25, 0.3) is 0 Å². The number of hydrogen-bond acceptors (Lipinski definition) is 3. The maximum atomic E-state index is 5.97. The third kappa shape index (κ3) is 2.51. The van der Waals surface area contributed by atoms with Gasteiger partial charge in [-0.2, -0.15) is 0 Å². The molecule has 1 aromatic carbocycles. The predicted molar refractivity (Wildman–Crippen MR) is 69.6 cm³/mol. The van der Waals surface area contributed by atoms with Crippen LogP contribution in [0.1, 0.15) is 24.5 Å². The van der Waals surface area contributed by atoms with Gasteiger partial charge in [-0.1, -0.05) is 24.3 Å². The van der Waals surface area contributed by atoms with Crippen molar-refractivity contribution in [2.24, 2.45) is 5.73 Å². The first-order valence-electron chi connectivity index (χ1n) is 6.20. The minimum atomic E-state index is 0.0367. The Labute approximate surface area is 104 Å². The second-order valence-corrected chi connectivity index (χ2v) is 5.07. The summed E-state index contributed by atoms with van der Waals surface area (Å²) in [6.45, 7) is 5.68. The minimum absolute atomic E-state index is 0.0367. The molecule has 0 fully saturated rings. The molecule has 2 rings (SSSR count). The molecule has 0 amide bonds. The summed E-state index contributed by atoms with van der Waals surface area (Å²) in [6.07, 6.45) is 0.980. The lowest BCUT2D eigenvalue weighted by atomic mass is 9.96. The molecule has 94 valence electrons. The van der Waals surface area contributed by atoms with Crippen molar-refractivity contribution in [2.75, 3.05) is 20.3 Å². The topological polar surface area (TPSA) is 38.5 Å². The van der Waals surface area contributed by atoms with Gasteiger partial charge in [0.1, 0.15) is 0 Å². The molecule has 0 aliphatic carbocycles. The minimum Gasteiger partial charge on any atom is -0.385 e. The first-order chi connectivity index (χ1) is 8.19. The Balaban J connectivity index is 2.09. The average Bonchev–Trinajstić information content (AvgIpc) is 2.80. The Morgan fingerprint density at radius 3 is 2.35 bits per heavy atom. The van der Waals surface area contributed by atoms with Crippen LogP contribution in [0.15, 0.2) is 24.3 Å². The number of rotatable bonds is 5. The fourth-order valence-electron chi connectivity index (χ4n) is 2.43. The molecular formula is C14H22N2O. The normalized spacial score (nSPS) is 19.0. The predicted octanol–water partition coefficient (Wildman–Crippen LogP) is 1.76. The van der Waals surface area contributed by atoms with E-state index in [1.807, 2.05) is 0 Å². The Morgan fingerprint density at radius 2 is 1.88 bits per heavy atom. The van der Waals surface area contributed by atoms with Crippen molar-refractivity contribution in [3.05, 3.63) is 35.4 Å². The van der Waals surface area contributed by atoms with E-state index in [4.69, 9.17) is 10.5 Å². The molecule has 3 heteroatoms. The SMILES string of the molecule is COCCC(C)(CN)N1Cc2ccccc2C1. The molecular weight excluding hydrogens is 212 g/mol. The summed E-state index contributed by atoms with van der Waals surface area (Å²) >= 11 is 0. The lowest BCUT2D eigenvalue weighted by molar-refractivity contribution is 0.0660. The fraction of sp³-hybridized carbons (Fsp3) is 0.571. The van der Waals surface area contributed by atoms with Crippen LogP contribution >= 0.6 is 0 Å². The number of benzene rings is 1. The van der Waals surface area contributed by atoms with Crippen molar-refractivity contribution in [2.45, 2.75) is 32.0 Å². The molecule has 1 aliphatic heterocycles. The Bertz CT molecular complexity index is 355. The van der Waals surface area contributed by atoms with E-state index >= 15 is 0 Å². The zero-order valence-corrected chi connectivity index (χ0v) is 10.8. The largest absolute Gasteiger partial charge is 0.385 e. The number of nitrogens with zero attached hydrogens (tertiary/aromatic N) is 1. The summed E-state index contributed by atoms with van der Waals surface area (Å²) in [4.78, 5) is 2.47. The molecule has 3 nitrogen and oxygen atoms in total. The molecule has 0 spiro atoms. The van der Waals surface area contributed by atoms with Gasteiger partial charge < -0.3 is 10.5 Å². The van der Waals surface area contributed by atoms with Gasteiger partial charge in [-0.3, -0.25) is 4.90 Å². The van der Waals surface area contributed by atoms with Crippen LogP contribution in [0, 0.1) is 0 Å². The van der Waals surface area contributed by atoms with Crippen molar-refractivity contribution in [1.29, 1.82) is 0 Å². The second-order valence-electron chi connectivity index (χ2n) is 5.07. The van der Waals surface area contributed by atoms with Gasteiger partial charge in [0.2, 0.25) is 0 Å². The number of hydrogen-bond donors (Lipinski definition) is 1. The number of ether oxygens (including phenoxy) is 1. The van der Waals surface area contributed by atoms with Gasteiger partial charge >= 0.3 is 0 Å². The highest BCUT2D eigenvalue weighted by Gasteiger charge is 2.34. The highest BCUT2D eigenvalue weighted by atomic mass is 16.5. The van der Waals surface area contributed by atoms with Gasteiger partial charge in [-0.05, 0) is 24.5 Å². The Hall–Kier alpha value is -0.900. The molecule has 0 radical (unpaired) electrons. The van der Waals surface area contributed by atoms with E-state index in [-0.39, 0.29) is 5.54 Å². The van der Waals surface area contributed by atoms with Crippen LogP contribution in [-0.2, 0) is 17.8 Å². The van der Waals surface area contributed by atoms with E-state index < -0.39 is 0 Å². The van der Waals surface area contributed by atoms with Crippen molar-refractivity contribution >= 4 is 0 Å². The van der Waals surface area contributed by atoms with Gasteiger partial charge in [-0.15, -0.1) is 0 Å². The molecule has 1 heterocycles. The number of fused-ring (bicyclic) bond motifs is 1. The van der Waals surface area contributed by atoms with Crippen molar-refractivity contribution in [1.82, 2.24) is 4.90 Å². The van der Waals surface area contributed by atoms with E-state index in [2.05, 4.69) is 36.1 Å². The van der Waals surface area contributed by atoms with Gasteiger partial charge in [-0.25, -0.2) is 0 Å². The fourth-order valence-corrected chi connectivity index (χ4v) is 2.43. The third-order valence-corrected chi connectivity index (χ3v) is 3.89. The van der Waals surface area contributed by atoms with Crippen LogP contribution in [0.2, 0.25) is 0 Å². The monoisotopic (exact) mass is 234 g/mol. The molecule has 17 heavy (non-hydrogen) atoms. The lowest BCUT2D eigenvalue weighted by Crippen LogP contribution is -2.49. The zero-order chi connectivity index (χ0) is 12.3. The Kier molecular flexibility index (Phi) is 3.82. The second kappa shape index (κ2) is 5.17. The van der Waals surface area contributed by atoms with Gasteiger partial charge in [0.15, 0.2) is 0 Å². The van der Waals surface area contributed by atoms with E-state index in [1.165, 1.54) is 11.1 Å². The molecule has 1 aliphatic rings. The van der Waals surface area contributed by atoms with Gasteiger partial charge in [0.25, 0.3) is 0 Å². The van der Waals surface area contributed by atoms with Crippen LogP contribution in [0.5, 0.6) is 0 Å². The standard InChI is InChI=1S/C14H22N2O/c1-14(11-15,7-8-17-2)16-9-12-5-3-4-6-13(12)10-16/h3-6H,7-11,15H2,1-2H3. The van der Waals surface area contributed by atoms with Crippen LogP contribution < -0.4 is 5.73 Å². The van der Waals surface area contributed by atoms with Gasteiger partial charge in [0, 0.05) is 38.9 Å². The molecule has 0 saturated heterocycles. The maximum absolute atomic E-state index is 5.97. The molecule has 0 saturated carbocycles. The summed E-state index contributed by atoms with van der Waals surface area (Å²) < 4.78 is 5.19. The van der Waals surface area contributed by atoms with E-state index in [1.54, 1.807) is 7.11 Å². The zero-order valence-electron chi connectivity index (χ0n) is 10.8. The molecule has 2 N–H and O–H groups in total.